The van der Waals surface area contributed by atoms with E-state index in [1.165, 1.54) is 94.2 Å². The van der Waals surface area contributed by atoms with Gasteiger partial charge >= 0.3 is 0 Å². The molecule has 164 valence electrons. The van der Waals surface area contributed by atoms with Gasteiger partial charge in [0.15, 0.2) is 0 Å². The van der Waals surface area contributed by atoms with Crippen molar-refractivity contribution in [3.05, 3.63) is 0 Å². The van der Waals surface area contributed by atoms with Crippen molar-refractivity contribution in [3.63, 3.8) is 0 Å². The highest BCUT2D eigenvalue weighted by molar-refractivity contribution is 7.89. The zero-order valence-electron chi connectivity index (χ0n) is 18.3. The molecule has 0 bridgehead atoms. The summed E-state index contributed by atoms with van der Waals surface area (Å²) < 4.78 is 25.3. The van der Waals surface area contributed by atoms with Gasteiger partial charge in [0, 0.05) is 13.1 Å². The summed E-state index contributed by atoms with van der Waals surface area (Å²) in [6.07, 6.45) is 21.2. The van der Waals surface area contributed by atoms with E-state index in [1.807, 2.05) is 6.92 Å². The van der Waals surface area contributed by atoms with Crippen molar-refractivity contribution in [2.45, 2.75) is 117 Å². The van der Waals surface area contributed by atoms with Gasteiger partial charge in [-0.05, 0) is 6.42 Å². The Bertz CT molecular complexity index is 398. The van der Waals surface area contributed by atoms with Crippen LogP contribution in [0, 0.1) is 0 Å². The lowest BCUT2D eigenvalue weighted by atomic mass is 10.0. The normalized spacial score (nSPS) is 12.1. The van der Waals surface area contributed by atoms with E-state index in [9.17, 15) is 8.42 Å². The maximum absolute atomic E-state index is 11.9. The van der Waals surface area contributed by atoms with Gasteiger partial charge in [0.25, 0.3) is 0 Å². The standard InChI is InChI=1S/C22H47NO3S/c1-3-5-6-7-8-9-10-11-12-13-14-15-16-17-18-19-20-23(4-2)27(25,26)22-21-24/h24H,3-22H2,1-2H3. The van der Waals surface area contributed by atoms with Crippen molar-refractivity contribution in [3.8, 4) is 0 Å². The van der Waals surface area contributed by atoms with Gasteiger partial charge in [0.1, 0.15) is 0 Å². The Kier molecular flexibility index (Phi) is 19.1. The van der Waals surface area contributed by atoms with E-state index >= 15 is 0 Å². The summed E-state index contributed by atoms with van der Waals surface area (Å²) in [5, 5.41) is 8.85. The van der Waals surface area contributed by atoms with Crippen molar-refractivity contribution < 1.29 is 13.5 Å². The molecule has 27 heavy (non-hydrogen) atoms. The first-order valence-electron chi connectivity index (χ1n) is 11.7. The molecule has 0 amide bonds. The van der Waals surface area contributed by atoms with Crippen LogP contribution in [0.25, 0.3) is 0 Å². The summed E-state index contributed by atoms with van der Waals surface area (Å²) in [6.45, 7) is 4.94. The molecule has 0 aromatic rings. The van der Waals surface area contributed by atoms with Gasteiger partial charge in [-0.25, -0.2) is 12.7 Å². The number of aliphatic hydroxyl groups excluding tert-OH is 1. The highest BCUT2D eigenvalue weighted by atomic mass is 32.2. The van der Waals surface area contributed by atoms with Crippen LogP contribution in [0.5, 0.6) is 0 Å². The van der Waals surface area contributed by atoms with Gasteiger partial charge in [-0.2, -0.15) is 0 Å². The van der Waals surface area contributed by atoms with Crippen molar-refractivity contribution in [1.82, 2.24) is 4.31 Å². The second-order valence-corrected chi connectivity index (χ2v) is 9.92. The Hall–Kier alpha value is -0.130. The molecule has 0 radical (unpaired) electrons. The Morgan fingerprint density at radius 1 is 0.630 bits per heavy atom. The van der Waals surface area contributed by atoms with Crippen LogP contribution < -0.4 is 0 Å². The average Bonchev–Trinajstić information content (AvgIpc) is 2.64. The first kappa shape index (κ1) is 26.9. The maximum Gasteiger partial charge on any atom is 0.216 e. The van der Waals surface area contributed by atoms with Crippen molar-refractivity contribution in [2.24, 2.45) is 0 Å². The molecule has 0 atom stereocenters. The Morgan fingerprint density at radius 3 is 1.33 bits per heavy atom. The first-order valence-corrected chi connectivity index (χ1v) is 13.3. The van der Waals surface area contributed by atoms with Crippen molar-refractivity contribution in [1.29, 1.82) is 0 Å². The molecule has 0 heterocycles. The fourth-order valence-electron chi connectivity index (χ4n) is 3.57. The number of sulfonamides is 1. The molecule has 0 fully saturated rings. The summed E-state index contributed by atoms with van der Waals surface area (Å²) in [5.41, 5.74) is 0. The van der Waals surface area contributed by atoms with Crippen LogP contribution >= 0.6 is 0 Å². The lowest BCUT2D eigenvalue weighted by Crippen LogP contribution is -2.34. The molecular formula is C22H47NO3S. The number of unbranched alkanes of at least 4 members (excludes halogenated alkanes) is 15. The molecule has 0 aliphatic carbocycles. The molecule has 5 heteroatoms. The fraction of sp³-hybridized carbons (Fsp3) is 1.00. The maximum atomic E-state index is 11.9. The first-order chi connectivity index (χ1) is 13.1. The lowest BCUT2D eigenvalue weighted by molar-refractivity contribution is 0.314. The molecule has 4 nitrogen and oxygen atoms in total. The zero-order valence-corrected chi connectivity index (χ0v) is 19.1. The Labute approximate surface area is 170 Å². The zero-order chi connectivity index (χ0) is 20.2. The van der Waals surface area contributed by atoms with Crippen LogP contribution in [0.4, 0.5) is 0 Å². The Balaban J connectivity index is 3.35. The third-order valence-corrected chi connectivity index (χ3v) is 7.28. The monoisotopic (exact) mass is 405 g/mol. The molecule has 0 spiro atoms. The molecule has 1 N–H and O–H groups in total. The summed E-state index contributed by atoms with van der Waals surface area (Å²) in [4.78, 5) is 0. The van der Waals surface area contributed by atoms with Crippen molar-refractivity contribution in [2.75, 3.05) is 25.4 Å². The number of rotatable bonds is 21. The van der Waals surface area contributed by atoms with Gasteiger partial charge < -0.3 is 5.11 Å². The van der Waals surface area contributed by atoms with E-state index in [2.05, 4.69) is 6.92 Å². The molecule has 0 aromatic carbocycles. The third-order valence-electron chi connectivity index (χ3n) is 5.36. The van der Waals surface area contributed by atoms with E-state index in [1.54, 1.807) is 0 Å². The molecule has 0 unspecified atom stereocenters. The van der Waals surface area contributed by atoms with E-state index in [-0.39, 0.29) is 12.4 Å². The van der Waals surface area contributed by atoms with Crippen LogP contribution in [-0.2, 0) is 10.0 Å². The van der Waals surface area contributed by atoms with Gasteiger partial charge in [-0.1, -0.05) is 110 Å². The van der Waals surface area contributed by atoms with Gasteiger partial charge in [-0.3, -0.25) is 0 Å². The minimum atomic E-state index is -3.26. The minimum absolute atomic E-state index is 0.153. The quantitative estimate of drug-likeness (QED) is 0.242. The van der Waals surface area contributed by atoms with Crippen LogP contribution in [0.1, 0.15) is 117 Å². The summed E-state index contributed by atoms with van der Waals surface area (Å²) in [6, 6.07) is 0. The lowest BCUT2D eigenvalue weighted by Gasteiger charge is -2.19. The molecule has 0 saturated carbocycles. The fourth-order valence-corrected chi connectivity index (χ4v) is 4.86. The van der Waals surface area contributed by atoms with Crippen LogP contribution in [-0.4, -0.2) is 43.3 Å². The average molecular weight is 406 g/mol. The van der Waals surface area contributed by atoms with Gasteiger partial charge in [-0.15, -0.1) is 0 Å². The highest BCUT2D eigenvalue weighted by Crippen LogP contribution is 2.14. The van der Waals surface area contributed by atoms with Crippen molar-refractivity contribution >= 4 is 10.0 Å². The predicted octanol–water partition coefficient (Wildman–Crippen LogP) is 5.89. The molecule has 0 rings (SSSR count). The molecular weight excluding hydrogens is 358 g/mol. The smallest absolute Gasteiger partial charge is 0.216 e. The second-order valence-electron chi connectivity index (χ2n) is 7.83. The summed E-state index contributed by atoms with van der Waals surface area (Å²) in [7, 11) is -3.26. The van der Waals surface area contributed by atoms with Crippen LogP contribution in [0.3, 0.4) is 0 Å². The van der Waals surface area contributed by atoms with E-state index in [0.29, 0.717) is 13.1 Å². The molecule has 0 saturated heterocycles. The van der Waals surface area contributed by atoms with Crippen LogP contribution in [0.15, 0.2) is 0 Å². The molecule has 0 aliphatic heterocycles. The van der Waals surface area contributed by atoms with Crippen LogP contribution in [0.2, 0.25) is 0 Å². The predicted molar refractivity (Wildman–Crippen MR) is 118 cm³/mol. The number of aliphatic hydroxyl groups is 1. The molecule has 0 aromatic heterocycles. The SMILES string of the molecule is CCCCCCCCCCCCCCCCCCN(CC)S(=O)(=O)CCO. The highest BCUT2D eigenvalue weighted by Gasteiger charge is 2.18. The van der Waals surface area contributed by atoms with Gasteiger partial charge in [0.2, 0.25) is 10.0 Å². The Morgan fingerprint density at radius 2 is 1.00 bits per heavy atom. The summed E-state index contributed by atoms with van der Waals surface area (Å²) in [5.74, 6) is -0.153. The van der Waals surface area contributed by atoms with E-state index in [0.717, 1.165) is 12.8 Å². The number of nitrogens with zero attached hydrogens (tertiary/aromatic N) is 1. The van der Waals surface area contributed by atoms with E-state index in [4.69, 9.17) is 5.11 Å². The largest absolute Gasteiger partial charge is 0.395 e. The minimum Gasteiger partial charge on any atom is -0.395 e. The second kappa shape index (κ2) is 19.2. The third kappa shape index (κ3) is 16.5. The topological polar surface area (TPSA) is 57.6 Å². The number of hydrogen-bond acceptors (Lipinski definition) is 3. The van der Waals surface area contributed by atoms with Gasteiger partial charge in [0.05, 0.1) is 12.4 Å². The number of hydrogen-bond donors (Lipinski definition) is 1. The molecule has 0 aliphatic rings. The summed E-state index contributed by atoms with van der Waals surface area (Å²) >= 11 is 0. The van der Waals surface area contributed by atoms with E-state index < -0.39 is 10.0 Å².